The predicted molar refractivity (Wildman–Crippen MR) is 114 cm³/mol. The number of methoxy groups -OCH3 is 1. The number of alkyl halides is 3. The minimum absolute atomic E-state index is 0.0610. The van der Waals surface area contributed by atoms with Crippen LogP contribution in [0.15, 0.2) is 18.2 Å². The van der Waals surface area contributed by atoms with E-state index >= 15 is 0 Å². The van der Waals surface area contributed by atoms with E-state index in [0.29, 0.717) is 32.1 Å². The van der Waals surface area contributed by atoms with E-state index in [1.165, 1.54) is 15.7 Å². The first-order chi connectivity index (χ1) is 15.0. The molecule has 3 rings (SSSR count). The maximum absolute atomic E-state index is 13.0. The number of amides is 1. The molecule has 32 heavy (non-hydrogen) atoms. The van der Waals surface area contributed by atoms with Crippen molar-refractivity contribution in [2.75, 3.05) is 58.2 Å². The van der Waals surface area contributed by atoms with Crippen LogP contribution in [0, 0.1) is 5.92 Å². The largest absolute Gasteiger partial charge is 0.495 e. The van der Waals surface area contributed by atoms with E-state index in [0.717, 1.165) is 31.0 Å². The minimum atomic E-state index is -4.54. The molecule has 2 heterocycles. The van der Waals surface area contributed by atoms with Gasteiger partial charge < -0.3 is 10.1 Å². The van der Waals surface area contributed by atoms with Gasteiger partial charge >= 0.3 is 6.18 Å². The summed E-state index contributed by atoms with van der Waals surface area (Å²) >= 11 is 0. The Morgan fingerprint density at radius 1 is 1.09 bits per heavy atom. The first kappa shape index (κ1) is 24.7. The summed E-state index contributed by atoms with van der Waals surface area (Å²) in [6.07, 6.45) is -2.85. The monoisotopic (exact) mass is 478 g/mol. The van der Waals surface area contributed by atoms with Gasteiger partial charge in [-0.15, -0.1) is 0 Å². The number of halogens is 3. The second-order valence-corrected chi connectivity index (χ2v) is 10.2. The smallest absolute Gasteiger partial charge is 0.416 e. The van der Waals surface area contributed by atoms with Crippen molar-refractivity contribution in [1.29, 1.82) is 0 Å². The fourth-order valence-electron chi connectivity index (χ4n) is 3.87. The summed E-state index contributed by atoms with van der Waals surface area (Å²) in [5.74, 6) is 0.148. The van der Waals surface area contributed by atoms with E-state index in [4.69, 9.17) is 4.74 Å². The topological polar surface area (TPSA) is 82.2 Å². The third-order valence-electron chi connectivity index (χ3n) is 5.89. The fraction of sp³-hybridized carbons (Fsp3) is 0.650. The molecule has 1 aromatic carbocycles. The molecule has 1 amide bonds. The minimum Gasteiger partial charge on any atom is -0.495 e. The van der Waals surface area contributed by atoms with Crippen LogP contribution in [-0.4, -0.2) is 80.8 Å². The Hall–Kier alpha value is -1.89. The van der Waals surface area contributed by atoms with Crippen molar-refractivity contribution >= 4 is 21.8 Å². The van der Waals surface area contributed by atoms with Crippen molar-refractivity contribution in [3.8, 4) is 5.75 Å². The van der Waals surface area contributed by atoms with E-state index in [2.05, 4.69) is 12.2 Å². The quantitative estimate of drug-likeness (QED) is 0.678. The number of carbonyl (C=O) groups is 1. The normalized spacial score (nSPS) is 20.3. The van der Waals surface area contributed by atoms with Crippen LogP contribution >= 0.6 is 0 Å². The van der Waals surface area contributed by atoms with Gasteiger partial charge in [0.25, 0.3) is 10.2 Å². The third-order valence-corrected chi connectivity index (χ3v) is 7.93. The highest BCUT2D eigenvalue weighted by Gasteiger charge is 2.34. The Kier molecular flexibility index (Phi) is 7.69. The number of ether oxygens (including phenoxy) is 1. The highest BCUT2D eigenvalue weighted by molar-refractivity contribution is 7.86. The fourth-order valence-corrected chi connectivity index (χ4v) is 5.50. The number of anilines is 1. The average molecular weight is 479 g/mol. The summed E-state index contributed by atoms with van der Waals surface area (Å²) in [5, 5.41) is 2.47. The summed E-state index contributed by atoms with van der Waals surface area (Å²) in [5.41, 5.74) is -0.951. The Balaban J connectivity index is 1.55. The average Bonchev–Trinajstić information content (AvgIpc) is 2.73. The summed E-state index contributed by atoms with van der Waals surface area (Å²) in [4.78, 5) is 14.2. The zero-order valence-corrected chi connectivity index (χ0v) is 19.0. The molecule has 0 aliphatic carbocycles. The van der Waals surface area contributed by atoms with E-state index < -0.39 is 27.9 Å². The Bertz CT molecular complexity index is 910. The van der Waals surface area contributed by atoms with Crippen molar-refractivity contribution in [2.45, 2.75) is 25.9 Å². The van der Waals surface area contributed by atoms with E-state index in [9.17, 15) is 26.4 Å². The van der Waals surface area contributed by atoms with Gasteiger partial charge in [-0.2, -0.15) is 30.2 Å². The van der Waals surface area contributed by atoms with Gasteiger partial charge in [0.1, 0.15) is 5.75 Å². The molecule has 2 aliphatic rings. The number of piperazine rings is 1. The van der Waals surface area contributed by atoms with Gasteiger partial charge in [-0.05, 0) is 37.0 Å². The summed E-state index contributed by atoms with van der Waals surface area (Å²) in [6.45, 7) is 4.32. The van der Waals surface area contributed by atoms with Crippen LogP contribution in [0.5, 0.6) is 5.75 Å². The van der Waals surface area contributed by atoms with Gasteiger partial charge in [-0.25, -0.2) is 0 Å². The third kappa shape index (κ3) is 5.91. The number of carbonyl (C=O) groups excluding carboxylic acids is 1. The molecule has 2 aliphatic heterocycles. The summed E-state index contributed by atoms with van der Waals surface area (Å²) in [7, 11) is -2.21. The zero-order chi connectivity index (χ0) is 23.5. The van der Waals surface area contributed by atoms with Crippen LogP contribution in [0.2, 0.25) is 0 Å². The van der Waals surface area contributed by atoms with Crippen LogP contribution in [0.1, 0.15) is 25.3 Å². The van der Waals surface area contributed by atoms with Crippen molar-refractivity contribution in [3.05, 3.63) is 23.8 Å². The molecular weight excluding hydrogens is 449 g/mol. The number of nitrogens with one attached hydrogen (secondary N) is 1. The molecule has 1 aromatic rings. The van der Waals surface area contributed by atoms with Gasteiger partial charge in [-0.1, -0.05) is 6.92 Å². The molecule has 0 bridgehead atoms. The molecule has 2 fully saturated rings. The van der Waals surface area contributed by atoms with Gasteiger partial charge in [0.2, 0.25) is 5.91 Å². The van der Waals surface area contributed by atoms with Gasteiger partial charge in [0.05, 0.1) is 24.9 Å². The lowest BCUT2D eigenvalue weighted by molar-refractivity contribution is -0.137. The molecule has 8 nitrogen and oxygen atoms in total. The highest BCUT2D eigenvalue weighted by Crippen LogP contribution is 2.35. The van der Waals surface area contributed by atoms with Crippen LogP contribution in [0.25, 0.3) is 0 Å². The van der Waals surface area contributed by atoms with Crippen molar-refractivity contribution in [2.24, 2.45) is 5.92 Å². The van der Waals surface area contributed by atoms with Crippen molar-refractivity contribution in [1.82, 2.24) is 13.5 Å². The van der Waals surface area contributed by atoms with Crippen molar-refractivity contribution < 1.29 is 31.1 Å². The first-order valence-electron chi connectivity index (χ1n) is 10.5. The first-order valence-corrected chi connectivity index (χ1v) is 11.9. The lowest BCUT2D eigenvalue weighted by atomic mass is 10.0. The van der Waals surface area contributed by atoms with E-state index in [1.807, 2.05) is 0 Å². The number of hydrogen-bond donors (Lipinski definition) is 1. The molecule has 0 unspecified atom stereocenters. The highest BCUT2D eigenvalue weighted by atomic mass is 32.2. The summed E-state index contributed by atoms with van der Waals surface area (Å²) in [6, 6.07) is 2.88. The number of hydrogen-bond acceptors (Lipinski definition) is 5. The zero-order valence-electron chi connectivity index (χ0n) is 18.2. The second kappa shape index (κ2) is 9.94. The number of rotatable bonds is 6. The molecular formula is C20H29F3N4O4S. The van der Waals surface area contributed by atoms with Crippen LogP contribution in [0.4, 0.5) is 18.9 Å². The number of benzene rings is 1. The molecule has 0 radical (unpaired) electrons. The molecule has 0 aromatic heterocycles. The molecule has 0 atom stereocenters. The molecule has 12 heteroatoms. The molecule has 1 N–H and O–H groups in total. The molecule has 180 valence electrons. The Morgan fingerprint density at radius 3 is 2.25 bits per heavy atom. The predicted octanol–water partition coefficient (Wildman–Crippen LogP) is 2.25. The Morgan fingerprint density at radius 2 is 1.69 bits per heavy atom. The van der Waals surface area contributed by atoms with Gasteiger partial charge in [0, 0.05) is 39.3 Å². The van der Waals surface area contributed by atoms with E-state index in [1.54, 1.807) is 4.90 Å². The standard InChI is InChI=1S/C20H29F3N4O4S/c1-15-5-7-26(8-6-15)32(29,30)27-11-9-25(10-12-27)14-19(28)24-17-13-16(20(21,22)23)3-4-18(17)31-2/h3-4,13,15H,5-12,14H2,1-2H3,(H,24,28). The summed E-state index contributed by atoms with van der Waals surface area (Å²) < 4.78 is 72.6. The lowest BCUT2D eigenvalue weighted by Gasteiger charge is -2.38. The van der Waals surface area contributed by atoms with Crippen LogP contribution in [-0.2, 0) is 21.2 Å². The Labute approximate surface area is 186 Å². The second-order valence-electron chi connectivity index (χ2n) is 8.23. The van der Waals surface area contributed by atoms with E-state index in [-0.39, 0.29) is 31.1 Å². The SMILES string of the molecule is COc1ccc(C(F)(F)F)cc1NC(=O)CN1CCN(S(=O)(=O)N2CCC(C)CC2)CC1. The molecule has 0 saturated carbocycles. The lowest BCUT2D eigenvalue weighted by Crippen LogP contribution is -2.55. The van der Waals surface area contributed by atoms with Crippen molar-refractivity contribution in [3.63, 3.8) is 0 Å². The molecule has 2 saturated heterocycles. The number of piperidine rings is 1. The molecule has 0 spiro atoms. The van der Waals surface area contributed by atoms with Gasteiger partial charge in [0.15, 0.2) is 0 Å². The van der Waals surface area contributed by atoms with Crippen LogP contribution in [0.3, 0.4) is 0 Å². The maximum Gasteiger partial charge on any atom is 0.416 e. The van der Waals surface area contributed by atoms with Gasteiger partial charge in [-0.3, -0.25) is 9.69 Å². The maximum atomic E-state index is 13.0. The number of nitrogens with zero attached hydrogens (tertiary/aromatic N) is 3. The van der Waals surface area contributed by atoms with Crippen LogP contribution < -0.4 is 10.1 Å².